The fourth-order valence-corrected chi connectivity index (χ4v) is 1.08. The van der Waals surface area contributed by atoms with Crippen molar-refractivity contribution in [2.45, 2.75) is 4.90 Å². The van der Waals surface area contributed by atoms with Crippen molar-refractivity contribution in [2.75, 3.05) is 4.43 Å². The van der Waals surface area contributed by atoms with Crippen molar-refractivity contribution in [3.63, 3.8) is 0 Å². The number of carbonyl (C=O) groups excluding carboxylic acids is 1. The molecule has 1 rings (SSSR count). The largest absolute Gasteiger partial charge is 1.00 e. The Bertz CT molecular complexity index is 411. The molecule has 1 amide bonds. The fraction of sp³-hybridized carbons (Fsp3) is 0.125. The SMILES string of the molecule is NC(=O)CI.O.O=S(=O)([O-])c1ccccc1.[Na+]. The molecule has 1 aromatic rings. The van der Waals surface area contributed by atoms with Crippen LogP contribution < -0.4 is 35.3 Å². The molecule has 0 aliphatic heterocycles. The van der Waals surface area contributed by atoms with E-state index in [1.807, 2.05) is 22.6 Å². The molecule has 92 valence electrons. The van der Waals surface area contributed by atoms with E-state index in [2.05, 4.69) is 5.73 Å². The van der Waals surface area contributed by atoms with Crippen LogP contribution in [0.4, 0.5) is 0 Å². The first-order valence-electron chi connectivity index (χ1n) is 3.73. The van der Waals surface area contributed by atoms with Gasteiger partial charge in [0, 0.05) is 0 Å². The standard InChI is InChI=1S/C6H6O3S.C2H4INO.Na.H2O/c7-10(8,9)6-4-2-1-3-5-6;3-1-2(4)5;;/h1-5H,(H,7,8,9);1H2,(H2,4,5);;1H2/q;;+1;/p-1. The van der Waals surface area contributed by atoms with Crippen molar-refractivity contribution in [2.24, 2.45) is 5.73 Å². The van der Waals surface area contributed by atoms with Crippen LogP contribution in [0.1, 0.15) is 0 Å². The number of benzene rings is 1. The van der Waals surface area contributed by atoms with Gasteiger partial charge in [-0.25, -0.2) is 8.42 Å². The normalized spacial score (nSPS) is 8.82. The van der Waals surface area contributed by atoms with E-state index in [0.717, 1.165) is 0 Å². The van der Waals surface area contributed by atoms with Gasteiger partial charge in [0.25, 0.3) is 0 Å². The molecule has 17 heavy (non-hydrogen) atoms. The number of carbonyl (C=O) groups is 1. The molecule has 0 bridgehead atoms. The fourth-order valence-electron chi connectivity index (χ4n) is 0.587. The van der Waals surface area contributed by atoms with E-state index in [-0.39, 0.29) is 45.8 Å². The first-order chi connectivity index (χ1) is 6.88. The van der Waals surface area contributed by atoms with Gasteiger partial charge in [-0.3, -0.25) is 4.79 Å². The van der Waals surface area contributed by atoms with E-state index in [1.165, 1.54) is 24.3 Å². The molecule has 0 fully saturated rings. The van der Waals surface area contributed by atoms with E-state index in [4.69, 9.17) is 0 Å². The zero-order valence-electron chi connectivity index (χ0n) is 9.09. The van der Waals surface area contributed by atoms with Crippen LogP contribution >= 0.6 is 22.6 Å². The van der Waals surface area contributed by atoms with Crippen molar-refractivity contribution in [3.05, 3.63) is 30.3 Å². The van der Waals surface area contributed by atoms with Crippen molar-refractivity contribution in [1.29, 1.82) is 0 Å². The smallest absolute Gasteiger partial charge is 0.744 e. The van der Waals surface area contributed by atoms with Crippen LogP contribution in [0.25, 0.3) is 0 Å². The molecule has 1 aromatic carbocycles. The van der Waals surface area contributed by atoms with E-state index >= 15 is 0 Å². The molecule has 0 spiro atoms. The number of hydrogen-bond donors (Lipinski definition) is 1. The summed E-state index contributed by atoms with van der Waals surface area (Å²) in [4.78, 5) is 9.40. The Labute approximate surface area is 135 Å². The number of alkyl halides is 1. The molecule has 0 heterocycles. The molecule has 0 aliphatic carbocycles. The minimum absolute atomic E-state index is 0. The second kappa shape index (κ2) is 11.4. The van der Waals surface area contributed by atoms with Gasteiger partial charge in [-0.05, 0) is 12.1 Å². The Hall–Kier alpha value is 0.290. The van der Waals surface area contributed by atoms with Gasteiger partial charge in [0.15, 0.2) is 0 Å². The first-order valence-corrected chi connectivity index (χ1v) is 6.66. The monoisotopic (exact) mass is 383 g/mol. The van der Waals surface area contributed by atoms with E-state index in [0.29, 0.717) is 4.43 Å². The third-order valence-electron chi connectivity index (χ3n) is 1.16. The Kier molecular flexibility index (Phi) is 15.0. The van der Waals surface area contributed by atoms with Crippen molar-refractivity contribution < 1.29 is 52.8 Å². The second-order valence-corrected chi connectivity index (χ2v) is 4.51. The summed E-state index contributed by atoms with van der Waals surface area (Å²) in [5.41, 5.74) is 4.65. The van der Waals surface area contributed by atoms with Gasteiger partial charge in [-0.2, -0.15) is 0 Å². The van der Waals surface area contributed by atoms with Crippen molar-refractivity contribution in [3.8, 4) is 0 Å². The van der Waals surface area contributed by atoms with Crippen LogP contribution in [0.15, 0.2) is 35.2 Å². The summed E-state index contributed by atoms with van der Waals surface area (Å²) >= 11 is 1.90. The third kappa shape index (κ3) is 12.5. The van der Waals surface area contributed by atoms with Gasteiger partial charge < -0.3 is 15.8 Å². The second-order valence-electron chi connectivity index (χ2n) is 2.37. The summed E-state index contributed by atoms with van der Waals surface area (Å²) in [7, 11) is -4.25. The quantitative estimate of drug-likeness (QED) is 0.248. The number of nitrogens with two attached hydrogens (primary N) is 1. The molecule has 0 aliphatic rings. The van der Waals surface area contributed by atoms with Gasteiger partial charge in [0.1, 0.15) is 10.1 Å². The topological polar surface area (TPSA) is 132 Å². The van der Waals surface area contributed by atoms with Gasteiger partial charge in [-0.15, -0.1) is 0 Å². The summed E-state index contributed by atoms with van der Waals surface area (Å²) in [6.07, 6.45) is 0. The zero-order chi connectivity index (χ0) is 11.9. The Morgan fingerprint density at radius 2 is 1.65 bits per heavy atom. The Morgan fingerprint density at radius 3 is 1.82 bits per heavy atom. The van der Waals surface area contributed by atoms with Gasteiger partial charge in [0.05, 0.1) is 9.32 Å². The molecule has 9 heteroatoms. The molecular formula is C8H11INNaO5S. The average molecular weight is 383 g/mol. The van der Waals surface area contributed by atoms with Crippen LogP contribution in [-0.2, 0) is 14.9 Å². The third-order valence-corrected chi connectivity index (χ3v) is 2.76. The van der Waals surface area contributed by atoms with Crippen LogP contribution in [0, 0.1) is 0 Å². The molecule has 0 aromatic heterocycles. The first kappa shape index (κ1) is 22.5. The van der Waals surface area contributed by atoms with E-state index < -0.39 is 10.1 Å². The Morgan fingerprint density at radius 1 is 1.29 bits per heavy atom. The summed E-state index contributed by atoms with van der Waals surface area (Å²) in [5, 5.41) is 0. The predicted octanol–water partition coefficient (Wildman–Crippen LogP) is -3.32. The van der Waals surface area contributed by atoms with Crippen molar-refractivity contribution in [1.82, 2.24) is 0 Å². The number of rotatable bonds is 2. The molecule has 6 nitrogen and oxygen atoms in total. The van der Waals surface area contributed by atoms with Crippen LogP contribution in [-0.4, -0.2) is 28.8 Å². The molecule has 0 unspecified atom stereocenters. The number of hydrogen-bond acceptors (Lipinski definition) is 4. The molecule has 0 radical (unpaired) electrons. The van der Waals surface area contributed by atoms with Crippen LogP contribution in [0.3, 0.4) is 0 Å². The number of amides is 1. The molecule has 0 atom stereocenters. The van der Waals surface area contributed by atoms with E-state index in [9.17, 15) is 17.8 Å². The van der Waals surface area contributed by atoms with Gasteiger partial charge in [0.2, 0.25) is 5.91 Å². The maximum atomic E-state index is 10.3. The summed E-state index contributed by atoms with van der Waals surface area (Å²) in [6, 6.07) is 7.19. The zero-order valence-corrected chi connectivity index (χ0v) is 14.1. The molecule has 4 N–H and O–H groups in total. The van der Waals surface area contributed by atoms with Gasteiger partial charge in [-0.1, -0.05) is 40.8 Å². The molecule has 0 saturated carbocycles. The molecular weight excluding hydrogens is 372 g/mol. The maximum absolute atomic E-state index is 10.3. The maximum Gasteiger partial charge on any atom is 1.00 e. The average Bonchev–Trinajstić information content (AvgIpc) is 2.19. The van der Waals surface area contributed by atoms with Crippen LogP contribution in [0.5, 0.6) is 0 Å². The summed E-state index contributed by atoms with van der Waals surface area (Å²) in [5.74, 6) is -0.259. The number of halogens is 1. The Balaban J connectivity index is -0.000000247. The molecule has 0 saturated heterocycles. The number of primary amides is 1. The predicted molar refractivity (Wildman–Crippen MR) is 66.1 cm³/mol. The summed E-state index contributed by atoms with van der Waals surface area (Å²) in [6.45, 7) is 0. The minimum atomic E-state index is -4.25. The van der Waals surface area contributed by atoms with Crippen LogP contribution in [0.2, 0.25) is 0 Å². The minimum Gasteiger partial charge on any atom is -0.744 e. The summed E-state index contributed by atoms with van der Waals surface area (Å²) < 4.78 is 31.2. The van der Waals surface area contributed by atoms with E-state index in [1.54, 1.807) is 6.07 Å². The van der Waals surface area contributed by atoms with Gasteiger partial charge >= 0.3 is 29.6 Å². The van der Waals surface area contributed by atoms with Crippen molar-refractivity contribution >= 4 is 38.6 Å².